The third-order valence-electron chi connectivity index (χ3n) is 4.10. The standard InChI is InChI=1S/C12H22N4O2S2/c1-9-11(10(2)15-14-9)20(17,18)16-6-4-12(8-13,19-3)5-7-16/h4-8,13H2,1-3H3,(H,14,15). The van der Waals surface area contributed by atoms with Crippen LogP contribution < -0.4 is 5.73 Å². The minimum atomic E-state index is -3.46. The highest BCUT2D eigenvalue weighted by Crippen LogP contribution is 2.35. The molecule has 2 heterocycles. The van der Waals surface area contributed by atoms with Crippen molar-refractivity contribution in [2.24, 2.45) is 5.73 Å². The van der Waals surface area contributed by atoms with Crippen molar-refractivity contribution in [3.05, 3.63) is 11.4 Å². The van der Waals surface area contributed by atoms with Crippen molar-refractivity contribution in [3.8, 4) is 0 Å². The number of piperidine rings is 1. The number of nitrogens with one attached hydrogen (secondary N) is 1. The maximum atomic E-state index is 12.7. The summed E-state index contributed by atoms with van der Waals surface area (Å²) in [5.74, 6) is 0. The maximum Gasteiger partial charge on any atom is 0.246 e. The molecule has 1 fully saturated rings. The van der Waals surface area contributed by atoms with E-state index in [4.69, 9.17) is 5.73 Å². The van der Waals surface area contributed by atoms with Gasteiger partial charge in [0.25, 0.3) is 0 Å². The zero-order valence-electron chi connectivity index (χ0n) is 12.1. The van der Waals surface area contributed by atoms with Crippen molar-refractivity contribution in [2.45, 2.75) is 36.3 Å². The van der Waals surface area contributed by atoms with Crippen LogP contribution in [0, 0.1) is 13.8 Å². The molecule has 0 atom stereocenters. The van der Waals surface area contributed by atoms with Crippen LogP contribution >= 0.6 is 11.8 Å². The number of sulfonamides is 1. The molecule has 2 rings (SSSR count). The lowest BCUT2D eigenvalue weighted by Crippen LogP contribution is -2.48. The van der Waals surface area contributed by atoms with Gasteiger partial charge < -0.3 is 5.73 Å². The van der Waals surface area contributed by atoms with Gasteiger partial charge >= 0.3 is 0 Å². The summed E-state index contributed by atoms with van der Waals surface area (Å²) in [5.41, 5.74) is 6.97. The first-order valence-electron chi connectivity index (χ1n) is 6.63. The minimum absolute atomic E-state index is 0.0203. The Balaban J connectivity index is 2.22. The molecule has 0 spiro atoms. The predicted octanol–water partition coefficient (Wildman–Crippen LogP) is 0.872. The Morgan fingerprint density at radius 3 is 2.40 bits per heavy atom. The van der Waals surface area contributed by atoms with Crippen molar-refractivity contribution >= 4 is 21.8 Å². The summed E-state index contributed by atoms with van der Waals surface area (Å²) in [6, 6.07) is 0. The Labute approximate surface area is 124 Å². The largest absolute Gasteiger partial charge is 0.329 e. The first kappa shape index (κ1) is 15.8. The molecule has 0 amide bonds. The number of nitrogens with two attached hydrogens (primary N) is 1. The lowest BCUT2D eigenvalue weighted by Gasteiger charge is -2.39. The molecule has 114 valence electrons. The quantitative estimate of drug-likeness (QED) is 0.859. The fraction of sp³-hybridized carbons (Fsp3) is 0.750. The topological polar surface area (TPSA) is 92.1 Å². The van der Waals surface area contributed by atoms with Gasteiger partial charge in [0, 0.05) is 24.4 Å². The molecule has 1 aliphatic rings. The van der Waals surface area contributed by atoms with Crippen molar-refractivity contribution in [1.82, 2.24) is 14.5 Å². The first-order chi connectivity index (χ1) is 9.36. The Bertz CT molecular complexity index is 549. The van der Waals surface area contributed by atoms with E-state index in [0.29, 0.717) is 35.9 Å². The van der Waals surface area contributed by atoms with Gasteiger partial charge in [-0.05, 0) is 32.9 Å². The molecule has 1 saturated heterocycles. The average molecular weight is 318 g/mol. The fourth-order valence-corrected chi connectivity index (χ4v) is 5.21. The van der Waals surface area contributed by atoms with Crippen LogP contribution in [0.15, 0.2) is 4.90 Å². The molecule has 0 radical (unpaired) electrons. The van der Waals surface area contributed by atoms with Gasteiger partial charge in [0.15, 0.2) is 0 Å². The predicted molar refractivity (Wildman–Crippen MR) is 81.4 cm³/mol. The molecule has 0 saturated carbocycles. The Hall–Kier alpha value is -0.570. The van der Waals surface area contributed by atoms with E-state index in [1.54, 1.807) is 29.9 Å². The minimum Gasteiger partial charge on any atom is -0.329 e. The van der Waals surface area contributed by atoms with Crippen LogP contribution in [0.25, 0.3) is 0 Å². The normalized spacial score (nSPS) is 20.2. The van der Waals surface area contributed by atoms with Gasteiger partial charge in [-0.15, -0.1) is 0 Å². The zero-order chi connectivity index (χ0) is 15.0. The molecular formula is C12H22N4O2S2. The van der Waals surface area contributed by atoms with Crippen molar-refractivity contribution in [1.29, 1.82) is 0 Å². The van der Waals surface area contributed by atoms with Gasteiger partial charge in [-0.3, -0.25) is 5.10 Å². The number of aromatic amines is 1. The number of hydrogen-bond acceptors (Lipinski definition) is 5. The van der Waals surface area contributed by atoms with Gasteiger partial charge in [-0.25, -0.2) is 8.42 Å². The molecule has 20 heavy (non-hydrogen) atoms. The third-order valence-corrected chi connectivity index (χ3v) is 7.70. The Morgan fingerprint density at radius 1 is 1.40 bits per heavy atom. The lowest BCUT2D eigenvalue weighted by atomic mass is 9.97. The Kier molecular flexibility index (Phi) is 4.48. The fourth-order valence-electron chi connectivity index (χ4n) is 2.68. The second-order valence-electron chi connectivity index (χ2n) is 5.26. The van der Waals surface area contributed by atoms with Crippen LogP contribution in [0.5, 0.6) is 0 Å². The smallest absolute Gasteiger partial charge is 0.246 e. The number of thioether (sulfide) groups is 1. The average Bonchev–Trinajstić information content (AvgIpc) is 2.78. The van der Waals surface area contributed by atoms with Crippen molar-refractivity contribution in [3.63, 3.8) is 0 Å². The number of aromatic nitrogens is 2. The molecular weight excluding hydrogens is 296 g/mol. The number of rotatable bonds is 4. The number of aryl methyl sites for hydroxylation is 2. The number of hydrogen-bond donors (Lipinski definition) is 2. The third kappa shape index (κ3) is 2.61. The number of H-pyrrole nitrogens is 1. The molecule has 0 aliphatic carbocycles. The molecule has 3 N–H and O–H groups in total. The van der Waals surface area contributed by atoms with Crippen LogP contribution in [-0.2, 0) is 10.0 Å². The van der Waals surface area contributed by atoms with Gasteiger partial charge in [0.2, 0.25) is 10.0 Å². The highest BCUT2D eigenvalue weighted by atomic mass is 32.2. The van der Waals surface area contributed by atoms with E-state index in [0.717, 1.165) is 12.8 Å². The van der Waals surface area contributed by atoms with E-state index in [1.165, 1.54) is 0 Å². The zero-order valence-corrected chi connectivity index (χ0v) is 13.8. The highest BCUT2D eigenvalue weighted by molar-refractivity contribution is 8.00. The molecule has 0 bridgehead atoms. The van der Waals surface area contributed by atoms with Crippen LogP contribution in [-0.4, -0.2) is 53.6 Å². The van der Waals surface area contributed by atoms with E-state index in [9.17, 15) is 8.42 Å². The maximum absolute atomic E-state index is 12.7. The molecule has 0 unspecified atom stereocenters. The summed E-state index contributed by atoms with van der Waals surface area (Å²) in [4.78, 5) is 0.321. The van der Waals surface area contributed by atoms with Gasteiger partial charge in [-0.2, -0.15) is 21.2 Å². The second-order valence-corrected chi connectivity index (χ2v) is 8.41. The molecule has 1 aromatic rings. The first-order valence-corrected chi connectivity index (χ1v) is 9.30. The summed E-state index contributed by atoms with van der Waals surface area (Å²) in [6.07, 6.45) is 3.63. The molecule has 6 nitrogen and oxygen atoms in total. The second kappa shape index (κ2) is 5.67. The Morgan fingerprint density at radius 2 is 2.00 bits per heavy atom. The van der Waals surface area contributed by atoms with Crippen LogP contribution in [0.2, 0.25) is 0 Å². The van der Waals surface area contributed by atoms with E-state index >= 15 is 0 Å². The summed E-state index contributed by atoms with van der Waals surface area (Å²) in [5, 5.41) is 6.72. The van der Waals surface area contributed by atoms with E-state index in [2.05, 4.69) is 10.2 Å². The van der Waals surface area contributed by atoms with Crippen molar-refractivity contribution < 1.29 is 8.42 Å². The van der Waals surface area contributed by atoms with Crippen LogP contribution in [0.3, 0.4) is 0 Å². The molecule has 1 aliphatic heterocycles. The highest BCUT2D eigenvalue weighted by Gasteiger charge is 2.38. The van der Waals surface area contributed by atoms with Crippen molar-refractivity contribution in [2.75, 3.05) is 25.9 Å². The summed E-state index contributed by atoms with van der Waals surface area (Å²) in [6.45, 7) is 5.08. The van der Waals surface area contributed by atoms with Gasteiger partial charge in [0.05, 0.1) is 11.4 Å². The summed E-state index contributed by atoms with van der Waals surface area (Å²) in [7, 11) is -3.46. The molecule has 8 heteroatoms. The van der Waals surface area contributed by atoms with Gasteiger partial charge in [-0.1, -0.05) is 0 Å². The summed E-state index contributed by atoms with van der Waals surface area (Å²) < 4.78 is 27.0. The monoisotopic (exact) mass is 318 g/mol. The van der Waals surface area contributed by atoms with E-state index in [-0.39, 0.29) is 4.75 Å². The van der Waals surface area contributed by atoms with E-state index < -0.39 is 10.0 Å². The number of nitrogens with zero attached hydrogens (tertiary/aromatic N) is 2. The lowest BCUT2D eigenvalue weighted by molar-refractivity contribution is 0.301. The van der Waals surface area contributed by atoms with Crippen LogP contribution in [0.1, 0.15) is 24.2 Å². The molecule has 1 aromatic heterocycles. The summed E-state index contributed by atoms with van der Waals surface area (Å²) >= 11 is 1.74. The van der Waals surface area contributed by atoms with Gasteiger partial charge in [0.1, 0.15) is 4.90 Å². The van der Waals surface area contributed by atoms with Crippen LogP contribution in [0.4, 0.5) is 0 Å². The molecule has 0 aromatic carbocycles. The SMILES string of the molecule is CSC1(CN)CCN(S(=O)(=O)c2c(C)n[nH]c2C)CC1. The van der Waals surface area contributed by atoms with E-state index in [1.807, 2.05) is 6.26 Å².